The highest BCUT2D eigenvalue weighted by Crippen LogP contribution is 2.32. The molecule has 0 aliphatic carbocycles. The predicted octanol–water partition coefficient (Wildman–Crippen LogP) is 7.83. The monoisotopic (exact) mass is 443 g/mol. The SMILES string of the molecule is Clc1ccc(-c2nc(-c3cccc4ccccc34)nc(-c3cccc4ccccc34)n2)cc1. The first kappa shape index (κ1) is 19.6. The Labute approximate surface area is 196 Å². The molecule has 0 aliphatic rings. The van der Waals surface area contributed by atoms with E-state index in [2.05, 4.69) is 48.5 Å². The van der Waals surface area contributed by atoms with E-state index in [0.29, 0.717) is 22.5 Å². The van der Waals surface area contributed by atoms with E-state index in [1.165, 1.54) is 0 Å². The lowest BCUT2D eigenvalue weighted by Crippen LogP contribution is -2.01. The van der Waals surface area contributed by atoms with Crippen LogP contribution >= 0.6 is 11.6 Å². The summed E-state index contributed by atoms with van der Waals surface area (Å²) in [6, 6.07) is 36.6. The van der Waals surface area contributed by atoms with E-state index in [1.807, 2.05) is 60.7 Å². The lowest BCUT2D eigenvalue weighted by Gasteiger charge is -2.11. The smallest absolute Gasteiger partial charge is 0.164 e. The molecule has 156 valence electrons. The van der Waals surface area contributed by atoms with Crippen molar-refractivity contribution in [1.29, 1.82) is 0 Å². The van der Waals surface area contributed by atoms with Gasteiger partial charge in [0.1, 0.15) is 0 Å². The summed E-state index contributed by atoms with van der Waals surface area (Å²) in [4.78, 5) is 14.8. The van der Waals surface area contributed by atoms with E-state index < -0.39 is 0 Å². The largest absolute Gasteiger partial charge is 0.208 e. The van der Waals surface area contributed by atoms with Crippen LogP contribution < -0.4 is 0 Å². The second-order valence-electron chi connectivity index (χ2n) is 7.87. The van der Waals surface area contributed by atoms with Gasteiger partial charge in [-0.3, -0.25) is 0 Å². The fraction of sp³-hybridized carbons (Fsp3) is 0. The lowest BCUT2D eigenvalue weighted by atomic mass is 10.0. The van der Waals surface area contributed by atoms with Gasteiger partial charge in [-0.25, -0.2) is 15.0 Å². The van der Waals surface area contributed by atoms with E-state index >= 15 is 0 Å². The number of nitrogens with zero attached hydrogens (tertiary/aromatic N) is 3. The van der Waals surface area contributed by atoms with Gasteiger partial charge in [0.2, 0.25) is 0 Å². The van der Waals surface area contributed by atoms with Gasteiger partial charge in [-0.15, -0.1) is 0 Å². The van der Waals surface area contributed by atoms with Gasteiger partial charge in [-0.2, -0.15) is 0 Å². The average molecular weight is 444 g/mol. The number of fused-ring (bicyclic) bond motifs is 2. The van der Waals surface area contributed by atoms with Crippen LogP contribution in [0.4, 0.5) is 0 Å². The van der Waals surface area contributed by atoms with Crippen molar-refractivity contribution in [2.75, 3.05) is 0 Å². The molecule has 0 atom stereocenters. The molecule has 0 saturated heterocycles. The number of hydrogen-bond acceptors (Lipinski definition) is 3. The maximum Gasteiger partial charge on any atom is 0.164 e. The van der Waals surface area contributed by atoms with Crippen LogP contribution in [0.3, 0.4) is 0 Å². The Balaban J connectivity index is 1.64. The summed E-state index contributed by atoms with van der Waals surface area (Å²) in [6.45, 7) is 0. The highest BCUT2D eigenvalue weighted by atomic mass is 35.5. The van der Waals surface area contributed by atoms with Crippen LogP contribution in [-0.4, -0.2) is 15.0 Å². The summed E-state index contributed by atoms with van der Waals surface area (Å²) in [5, 5.41) is 5.19. The van der Waals surface area contributed by atoms with Crippen LogP contribution in [0.2, 0.25) is 5.02 Å². The van der Waals surface area contributed by atoms with Crippen molar-refractivity contribution in [2.45, 2.75) is 0 Å². The first-order valence-electron chi connectivity index (χ1n) is 10.7. The number of hydrogen-bond donors (Lipinski definition) is 0. The molecule has 33 heavy (non-hydrogen) atoms. The van der Waals surface area contributed by atoms with Gasteiger partial charge in [-0.05, 0) is 45.8 Å². The van der Waals surface area contributed by atoms with Crippen LogP contribution in [0.1, 0.15) is 0 Å². The zero-order chi connectivity index (χ0) is 22.2. The predicted molar refractivity (Wildman–Crippen MR) is 136 cm³/mol. The Morgan fingerprint density at radius 3 is 1.42 bits per heavy atom. The van der Waals surface area contributed by atoms with E-state index in [1.54, 1.807) is 0 Å². The maximum absolute atomic E-state index is 6.13. The first-order valence-corrected chi connectivity index (χ1v) is 11.1. The molecule has 3 nitrogen and oxygen atoms in total. The summed E-state index contributed by atoms with van der Waals surface area (Å²) < 4.78 is 0. The number of rotatable bonds is 3. The number of halogens is 1. The molecule has 0 unspecified atom stereocenters. The molecule has 1 aromatic heterocycles. The average Bonchev–Trinajstić information content (AvgIpc) is 2.88. The molecule has 0 N–H and O–H groups in total. The van der Waals surface area contributed by atoms with E-state index in [-0.39, 0.29) is 0 Å². The molecule has 6 rings (SSSR count). The molecule has 5 aromatic carbocycles. The van der Waals surface area contributed by atoms with Gasteiger partial charge in [0.25, 0.3) is 0 Å². The van der Waals surface area contributed by atoms with Crippen LogP contribution in [0.15, 0.2) is 109 Å². The van der Waals surface area contributed by atoms with Crippen molar-refractivity contribution in [3.8, 4) is 34.2 Å². The summed E-state index contributed by atoms with van der Waals surface area (Å²) in [5.74, 6) is 1.91. The Morgan fingerprint density at radius 1 is 0.424 bits per heavy atom. The number of aromatic nitrogens is 3. The van der Waals surface area contributed by atoms with Crippen molar-refractivity contribution < 1.29 is 0 Å². The third-order valence-electron chi connectivity index (χ3n) is 5.80. The molecule has 0 spiro atoms. The molecule has 0 bridgehead atoms. The number of benzene rings is 5. The van der Waals surface area contributed by atoms with Gasteiger partial charge >= 0.3 is 0 Å². The topological polar surface area (TPSA) is 38.7 Å². The van der Waals surface area contributed by atoms with Crippen molar-refractivity contribution >= 4 is 33.1 Å². The summed E-state index contributed by atoms with van der Waals surface area (Å²) in [5.41, 5.74) is 2.85. The fourth-order valence-electron chi connectivity index (χ4n) is 4.19. The minimum absolute atomic E-state index is 0.618. The van der Waals surface area contributed by atoms with Gasteiger partial charge in [0, 0.05) is 21.7 Å². The molecule has 0 radical (unpaired) electrons. The van der Waals surface area contributed by atoms with Crippen LogP contribution in [0.5, 0.6) is 0 Å². The first-order chi connectivity index (χ1) is 16.3. The lowest BCUT2D eigenvalue weighted by molar-refractivity contribution is 1.08. The van der Waals surface area contributed by atoms with Crippen molar-refractivity contribution in [3.05, 3.63) is 114 Å². The van der Waals surface area contributed by atoms with Gasteiger partial charge < -0.3 is 0 Å². The molecule has 4 heteroatoms. The van der Waals surface area contributed by atoms with Gasteiger partial charge in [-0.1, -0.05) is 96.5 Å². The second-order valence-corrected chi connectivity index (χ2v) is 8.30. The maximum atomic E-state index is 6.13. The Morgan fingerprint density at radius 2 is 0.879 bits per heavy atom. The molecule has 1 heterocycles. The van der Waals surface area contributed by atoms with Crippen LogP contribution in [0.25, 0.3) is 55.7 Å². The van der Waals surface area contributed by atoms with Gasteiger partial charge in [0.15, 0.2) is 17.5 Å². The molecule has 6 aromatic rings. The van der Waals surface area contributed by atoms with Crippen molar-refractivity contribution in [1.82, 2.24) is 15.0 Å². The Kier molecular flexibility index (Phi) is 4.82. The molecule has 0 amide bonds. The van der Waals surface area contributed by atoms with Crippen molar-refractivity contribution in [3.63, 3.8) is 0 Å². The van der Waals surface area contributed by atoms with E-state index in [0.717, 1.165) is 38.2 Å². The zero-order valence-electron chi connectivity index (χ0n) is 17.6. The highest BCUT2D eigenvalue weighted by molar-refractivity contribution is 6.30. The summed E-state index contributed by atoms with van der Waals surface area (Å²) >= 11 is 6.13. The third-order valence-corrected chi connectivity index (χ3v) is 6.05. The highest BCUT2D eigenvalue weighted by Gasteiger charge is 2.15. The van der Waals surface area contributed by atoms with Crippen molar-refractivity contribution in [2.24, 2.45) is 0 Å². The third kappa shape index (κ3) is 3.63. The molecule has 0 fully saturated rings. The minimum atomic E-state index is 0.618. The van der Waals surface area contributed by atoms with E-state index in [4.69, 9.17) is 26.6 Å². The summed E-state index contributed by atoms with van der Waals surface area (Å²) in [7, 11) is 0. The fourth-order valence-corrected chi connectivity index (χ4v) is 4.31. The van der Waals surface area contributed by atoms with Crippen LogP contribution in [0, 0.1) is 0 Å². The molecule has 0 saturated carbocycles. The normalized spacial score (nSPS) is 11.2. The second kappa shape index (κ2) is 8.12. The zero-order valence-corrected chi connectivity index (χ0v) is 18.4. The Bertz CT molecular complexity index is 1520. The quantitative estimate of drug-likeness (QED) is 0.279. The van der Waals surface area contributed by atoms with Crippen LogP contribution in [-0.2, 0) is 0 Å². The molecule has 0 aliphatic heterocycles. The van der Waals surface area contributed by atoms with Gasteiger partial charge in [0.05, 0.1) is 0 Å². The molecular weight excluding hydrogens is 426 g/mol. The standard InChI is InChI=1S/C29H18ClN3/c30-22-17-15-21(16-18-22)27-31-28(25-13-5-9-19-7-1-3-11-23(19)25)33-29(32-27)26-14-6-10-20-8-2-4-12-24(20)26/h1-18H. The molecular formula is C29H18ClN3. The summed E-state index contributed by atoms with van der Waals surface area (Å²) in [6.07, 6.45) is 0. The Hall–Kier alpha value is -4.08. The van der Waals surface area contributed by atoms with E-state index in [9.17, 15) is 0 Å². The minimum Gasteiger partial charge on any atom is -0.208 e.